The highest BCUT2D eigenvalue weighted by Crippen LogP contribution is 2.24. The first-order chi connectivity index (χ1) is 28.6. The molecule has 13 nitrogen and oxygen atoms in total. The highest BCUT2D eigenvalue weighted by atomic mass is 16.5. The number of rotatable bonds is 28. The molecule has 334 valence electrons. The van der Waals surface area contributed by atoms with Gasteiger partial charge in [-0.2, -0.15) is 0 Å². The van der Waals surface area contributed by atoms with Crippen molar-refractivity contribution in [3.05, 3.63) is 71.8 Å². The number of unbranched alkanes of at least 4 members (excludes halogenated alkanes) is 2. The van der Waals surface area contributed by atoms with Crippen LogP contribution in [-0.2, 0) is 51.1 Å². The molecule has 2 aromatic carbocycles. The van der Waals surface area contributed by atoms with E-state index in [0.717, 1.165) is 24.0 Å². The lowest BCUT2D eigenvalue weighted by molar-refractivity contribution is -0.145. The molecule has 0 heterocycles. The van der Waals surface area contributed by atoms with Gasteiger partial charge in [0.1, 0.15) is 24.2 Å². The smallest absolute Gasteiger partial charge is 0.328 e. The third-order valence-electron chi connectivity index (χ3n) is 10.5. The number of nitrogens with one attached hydrogen (secondary N) is 4. The number of benzene rings is 2. The van der Waals surface area contributed by atoms with Crippen molar-refractivity contribution in [2.24, 2.45) is 23.7 Å². The molecule has 2 rings (SSSR count). The van der Waals surface area contributed by atoms with Crippen molar-refractivity contribution in [1.82, 2.24) is 21.3 Å². The molecule has 0 aliphatic rings. The third-order valence-corrected chi connectivity index (χ3v) is 10.5. The lowest BCUT2D eigenvalue weighted by atomic mass is 9.87. The van der Waals surface area contributed by atoms with Crippen LogP contribution in [0, 0.1) is 23.7 Å². The Bertz CT molecular complexity index is 1490. The first-order valence-corrected chi connectivity index (χ1v) is 21.7. The molecule has 0 unspecified atom stereocenters. The molecule has 0 saturated heterocycles. The molecule has 13 heteroatoms. The Hall–Kier alpha value is -4.78. The quantitative estimate of drug-likeness (QED) is 0.0680. The van der Waals surface area contributed by atoms with Crippen molar-refractivity contribution in [1.29, 1.82) is 0 Å². The Morgan fingerprint density at radius 1 is 0.517 bits per heavy atom. The van der Waals surface area contributed by atoms with E-state index in [4.69, 9.17) is 9.47 Å². The number of aliphatic hydroxyl groups is 1. The summed E-state index contributed by atoms with van der Waals surface area (Å²) in [6, 6.07) is 14.7. The normalized spacial score (nSPS) is 14.3. The van der Waals surface area contributed by atoms with Gasteiger partial charge in [0.25, 0.3) is 0 Å². The average Bonchev–Trinajstić information content (AvgIpc) is 3.22. The zero-order valence-electron chi connectivity index (χ0n) is 37.2. The maximum atomic E-state index is 14.0. The summed E-state index contributed by atoms with van der Waals surface area (Å²) in [6.45, 7) is 11.8. The number of carbonyl (C=O) groups is 6. The highest BCUT2D eigenvalue weighted by molar-refractivity contribution is 5.92. The minimum Gasteiger partial charge on any atom is -0.467 e. The van der Waals surface area contributed by atoms with Crippen LogP contribution in [0.2, 0.25) is 0 Å². The molecule has 0 saturated carbocycles. The number of aliphatic hydroxyl groups excluding tert-OH is 1. The Morgan fingerprint density at radius 2 is 0.850 bits per heavy atom. The number of hydrogen-bond acceptors (Lipinski definition) is 9. The molecule has 0 fully saturated rings. The zero-order chi connectivity index (χ0) is 44.6. The van der Waals surface area contributed by atoms with E-state index in [-0.39, 0.29) is 49.3 Å². The van der Waals surface area contributed by atoms with Gasteiger partial charge < -0.3 is 35.8 Å². The fraction of sp³-hybridized carbons (Fsp3) is 0.617. The topological polar surface area (TPSA) is 189 Å². The lowest BCUT2D eigenvalue weighted by Crippen LogP contribution is -2.54. The van der Waals surface area contributed by atoms with Gasteiger partial charge in [0.15, 0.2) is 0 Å². The summed E-state index contributed by atoms with van der Waals surface area (Å²) < 4.78 is 9.98. The van der Waals surface area contributed by atoms with E-state index >= 15 is 0 Å². The van der Waals surface area contributed by atoms with Crippen LogP contribution in [0.5, 0.6) is 0 Å². The summed E-state index contributed by atoms with van der Waals surface area (Å²) >= 11 is 0. The van der Waals surface area contributed by atoms with E-state index < -0.39 is 65.9 Å². The van der Waals surface area contributed by atoms with E-state index in [0.29, 0.717) is 38.5 Å². The van der Waals surface area contributed by atoms with Gasteiger partial charge >= 0.3 is 11.9 Å². The number of amides is 4. The van der Waals surface area contributed by atoms with Crippen LogP contribution in [0.25, 0.3) is 0 Å². The minimum absolute atomic E-state index is 0.0288. The van der Waals surface area contributed by atoms with E-state index in [1.165, 1.54) is 14.2 Å². The Morgan fingerprint density at radius 3 is 1.15 bits per heavy atom. The molecule has 0 bridgehead atoms. The molecule has 0 radical (unpaired) electrons. The predicted molar refractivity (Wildman–Crippen MR) is 232 cm³/mol. The molecule has 4 amide bonds. The second-order valence-corrected chi connectivity index (χ2v) is 16.7. The number of ether oxygens (including phenoxy) is 2. The van der Waals surface area contributed by atoms with Gasteiger partial charge in [-0.25, -0.2) is 9.59 Å². The molecular weight excluding hydrogens is 765 g/mol. The summed E-state index contributed by atoms with van der Waals surface area (Å²) in [5.41, 5.74) is 1.67. The van der Waals surface area contributed by atoms with Crippen LogP contribution in [0.1, 0.15) is 117 Å². The van der Waals surface area contributed by atoms with E-state index in [1.54, 1.807) is 0 Å². The fourth-order valence-corrected chi connectivity index (χ4v) is 7.27. The summed E-state index contributed by atoms with van der Waals surface area (Å²) in [7, 11) is 2.52. The maximum Gasteiger partial charge on any atom is 0.328 e. The summed E-state index contributed by atoms with van der Waals surface area (Å²) in [6.07, 6.45) is 4.08. The van der Waals surface area contributed by atoms with Gasteiger partial charge in [-0.3, -0.25) is 19.2 Å². The van der Waals surface area contributed by atoms with E-state index in [1.807, 2.05) is 102 Å². The second kappa shape index (κ2) is 27.9. The van der Waals surface area contributed by atoms with Crippen molar-refractivity contribution >= 4 is 35.6 Å². The lowest BCUT2D eigenvalue weighted by Gasteiger charge is -2.28. The summed E-state index contributed by atoms with van der Waals surface area (Å²) in [4.78, 5) is 80.9. The standard InChI is InChI=1S/C47H72N4O9/c1-9-11-23-35(42(53)48-38(25-31(3)4)44(55)50-40(46(57)59-7)27-33-19-15-13-16-20-33)29-37(52)30-36(24-12-10-2)43(54)49-39(26-32(5)6)45(56)51-41(47(58)60-8)28-34-21-17-14-18-22-34/h13-22,31-32,35-41,52H,9-12,23-30H2,1-8H3,(H,48,53)(H,49,54)(H,50,55)(H,51,56)/t35-,36-,38-,39-,40-,41-/m0/s1. The highest BCUT2D eigenvalue weighted by Gasteiger charge is 2.34. The maximum absolute atomic E-state index is 14.0. The third kappa shape index (κ3) is 19.1. The molecule has 0 aliphatic carbocycles. The van der Waals surface area contributed by atoms with Crippen LogP contribution in [0.3, 0.4) is 0 Å². The van der Waals surface area contributed by atoms with Crippen LogP contribution < -0.4 is 21.3 Å². The molecule has 6 atom stereocenters. The van der Waals surface area contributed by atoms with Crippen LogP contribution in [0.15, 0.2) is 60.7 Å². The van der Waals surface area contributed by atoms with Crippen molar-refractivity contribution in [2.45, 2.75) is 149 Å². The van der Waals surface area contributed by atoms with E-state index in [2.05, 4.69) is 21.3 Å². The van der Waals surface area contributed by atoms with E-state index in [9.17, 15) is 33.9 Å². The Labute approximate surface area is 357 Å². The number of hydrogen-bond donors (Lipinski definition) is 5. The van der Waals surface area contributed by atoms with Gasteiger partial charge in [0, 0.05) is 24.7 Å². The van der Waals surface area contributed by atoms with Gasteiger partial charge in [0.05, 0.1) is 20.3 Å². The fourth-order valence-electron chi connectivity index (χ4n) is 7.27. The number of carbonyl (C=O) groups excluding carboxylic acids is 6. The largest absolute Gasteiger partial charge is 0.467 e. The second-order valence-electron chi connectivity index (χ2n) is 16.7. The van der Waals surface area contributed by atoms with Crippen LogP contribution in [-0.4, -0.2) is 85.2 Å². The van der Waals surface area contributed by atoms with Gasteiger partial charge in [-0.1, -0.05) is 128 Å². The Balaban J connectivity index is 2.24. The monoisotopic (exact) mass is 837 g/mol. The van der Waals surface area contributed by atoms with Crippen molar-refractivity contribution in [3.63, 3.8) is 0 Å². The van der Waals surface area contributed by atoms with Crippen LogP contribution in [0.4, 0.5) is 0 Å². The first kappa shape index (κ1) is 51.4. The molecule has 0 aromatic heterocycles. The van der Waals surface area contributed by atoms with Crippen molar-refractivity contribution in [2.75, 3.05) is 14.2 Å². The average molecular weight is 837 g/mol. The van der Waals surface area contributed by atoms with Gasteiger partial charge in [0.2, 0.25) is 23.6 Å². The van der Waals surface area contributed by atoms with Gasteiger partial charge in [-0.15, -0.1) is 0 Å². The Kier molecular flexibility index (Phi) is 23.9. The number of esters is 2. The molecule has 5 N–H and O–H groups in total. The molecule has 60 heavy (non-hydrogen) atoms. The van der Waals surface area contributed by atoms with Gasteiger partial charge in [-0.05, 0) is 61.5 Å². The number of methoxy groups -OCH3 is 2. The van der Waals surface area contributed by atoms with Crippen molar-refractivity contribution < 1.29 is 43.3 Å². The van der Waals surface area contributed by atoms with Crippen LogP contribution >= 0.6 is 0 Å². The molecule has 0 aliphatic heterocycles. The molecule has 0 spiro atoms. The van der Waals surface area contributed by atoms with Crippen molar-refractivity contribution in [3.8, 4) is 0 Å². The molecular formula is C47H72N4O9. The molecule has 2 aromatic rings. The SMILES string of the molecule is CCCC[C@@H](CC(O)C[C@H](CCCC)C(=O)N[C@@H](CC(C)C)C(=O)N[C@@H](Cc1ccccc1)C(=O)OC)C(=O)N[C@@H](CC(C)C)C(=O)N[C@@H](Cc1ccccc1)C(=O)OC. The minimum atomic E-state index is -1.04. The predicted octanol–water partition coefficient (Wildman–Crippen LogP) is 5.60. The summed E-state index contributed by atoms with van der Waals surface area (Å²) in [5.74, 6) is -4.24. The first-order valence-electron chi connectivity index (χ1n) is 21.7. The summed E-state index contributed by atoms with van der Waals surface area (Å²) in [5, 5.41) is 23.0. The zero-order valence-corrected chi connectivity index (χ0v) is 37.2.